The third kappa shape index (κ3) is 3.09. The molecule has 2 atom stereocenters. The second-order valence-electron chi connectivity index (χ2n) is 4.99. The molecule has 1 saturated heterocycles. The number of hydrogen-bond acceptors (Lipinski definition) is 2. The van der Waals surface area contributed by atoms with Gasteiger partial charge in [-0.15, -0.1) is 0 Å². The van der Waals surface area contributed by atoms with E-state index in [9.17, 15) is 4.39 Å². The molecule has 0 aromatic heterocycles. The van der Waals surface area contributed by atoms with Crippen LogP contribution in [-0.4, -0.2) is 19.3 Å². The van der Waals surface area contributed by atoms with Gasteiger partial charge in [0.2, 0.25) is 0 Å². The van der Waals surface area contributed by atoms with E-state index in [0.717, 1.165) is 38.0 Å². The summed E-state index contributed by atoms with van der Waals surface area (Å²) in [6, 6.07) is 5.55. The Hall–Kier alpha value is -0.930. The van der Waals surface area contributed by atoms with E-state index in [-0.39, 0.29) is 18.0 Å². The van der Waals surface area contributed by atoms with Crippen molar-refractivity contribution in [3.63, 3.8) is 0 Å². The van der Waals surface area contributed by atoms with Gasteiger partial charge in [-0.05, 0) is 49.9 Å². The van der Waals surface area contributed by atoms with Crippen LogP contribution in [0.3, 0.4) is 0 Å². The summed E-state index contributed by atoms with van der Waals surface area (Å²) in [7, 11) is 0. The SMILES string of the molecule is CCCNC(c1ccc(F)c(C)c1)C1CCCO1. The van der Waals surface area contributed by atoms with Gasteiger partial charge in [0.25, 0.3) is 0 Å². The summed E-state index contributed by atoms with van der Waals surface area (Å²) in [6.45, 7) is 5.76. The van der Waals surface area contributed by atoms with E-state index in [1.807, 2.05) is 19.1 Å². The summed E-state index contributed by atoms with van der Waals surface area (Å²) in [5, 5.41) is 3.53. The highest BCUT2D eigenvalue weighted by atomic mass is 19.1. The largest absolute Gasteiger partial charge is 0.376 e. The summed E-state index contributed by atoms with van der Waals surface area (Å²) in [5.74, 6) is -0.139. The zero-order valence-electron chi connectivity index (χ0n) is 11.2. The Bertz CT molecular complexity index is 388. The van der Waals surface area contributed by atoms with Crippen molar-refractivity contribution in [3.8, 4) is 0 Å². The molecule has 18 heavy (non-hydrogen) atoms. The van der Waals surface area contributed by atoms with Crippen LogP contribution in [0.1, 0.15) is 43.4 Å². The Morgan fingerprint density at radius 2 is 2.33 bits per heavy atom. The molecule has 0 bridgehead atoms. The fourth-order valence-electron chi connectivity index (χ4n) is 2.49. The molecule has 1 aliphatic rings. The molecule has 1 aromatic carbocycles. The van der Waals surface area contributed by atoms with E-state index in [2.05, 4.69) is 12.2 Å². The van der Waals surface area contributed by atoms with Crippen molar-refractivity contribution >= 4 is 0 Å². The summed E-state index contributed by atoms with van der Waals surface area (Å²) >= 11 is 0. The molecule has 1 aromatic rings. The van der Waals surface area contributed by atoms with E-state index >= 15 is 0 Å². The fraction of sp³-hybridized carbons (Fsp3) is 0.600. The molecule has 1 N–H and O–H groups in total. The van der Waals surface area contributed by atoms with Gasteiger partial charge in [-0.25, -0.2) is 4.39 Å². The number of benzene rings is 1. The molecular formula is C15H22FNO. The van der Waals surface area contributed by atoms with Crippen molar-refractivity contribution in [2.75, 3.05) is 13.2 Å². The molecule has 1 fully saturated rings. The van der Waals surface area contributed by atoms with Gasteiger partial charge in [-0.1, -0.05) is 19.1 Å². The third-order valence-corrected chi connectivity index (χ3v) is 3.49. The molecule has 1 aliphatic heterocycles. The molecule has 0 aliphatic carbocycles. The van der Waals surface area contributed by atoms with Crippen molar-refractivity contribution in [2.45, 2.75) is 45.3 Å². The molecule has 100 valence electrons. The van der Waals surface area contributed by atoms with Crippen LogP contribution in [0.5, 0.6) is 0 Å². The van der Waals surface area contributed by atoms with Gasteiger partial charge in [0.15, 0.2) is 0 Å². The Balaban J connectivity index is 2.17. The molecule has 2 nitrogen and oxygen atoms in total. The number of nitrogens with one attached hydrogen (secondary N) is 1. The Kier molecular flexibility index (Phi) is 4.72. The fourth-order valence-corrected chi connectivity index (χ4v) is 2.49. The van der Waals surface area contributed by atoms with Crippen LogP contribution in [0.15, 0.2) is 18.2 Å². The van der Waals surface area contributed by atoms with Crippen molar-refractivity contribution < 1.29 is 9.13 Å². The Morgan fingerprint density at radius 3 is 2.94 bits per heavy atom. The maximum absolute atomic E-state index is 13.3. The van der Waals surface area contributed by atoms with Gasteiger partial charge < -0.3 is 10.1 Å². The third-order valence-electron chi connectivity index (χ3n) is 3.49. The Morgan fingerprint density at radius 1 is 1.50 bits per heavy atom. The summed E-state index contributed by atoms with van der Waals surface area (Å²) in [6.07, 6.45) is 3.51. The molecular weight excluding hydrogens is 229 g/mol. The average Bonchev–Trinajstić information content (AvgIpc) is 2.88. The first-order valence-corrected chi connectivity index (χ1v) is 6.83. The van der Waals surface area contributed by atoms with E-state index in [1.54, 1.807) is 6.07 Å². The van der Waals surface area contributed by atoms with Crippen molar-refractivity contribution in [1.82, 2.24) is 5.32 Å². The van der Waals surface area contributed by atoms with E-state index in [4.69, 9.17) is 4.74 Å². The van der Waals surface area contributed by atoms with Crippen molar-refractivity contribution in [2.24, 2.45) is 0 Å². The molecule has 3 heteroatoms. The quantitative estimate of drug-likeness (QED) is 0.866. The van der Waals surface area contributed by atoms with Crippen molar-refractivity contribution in [3.05, 3.63) is 35.1 Å². The van der Waals surface area contributed by atoms with Gasteiger partial charge in [0.1, 0.15) is 5.82 Å². The van der Waals surface area contributed by atoms with Gasteiger partial charge >= 0.3 is 0 Å². The lowest BCUT2D eigenvalue weighted by Gasteiger charge is -2.25. The summed E-state index contributed by atoms with van der Waals surface area (Å²) in [4.78, 5) is 0. The van der Waals surface area contributed by atoms with Gasteiger partial charge in [-0.2, -0.15) is 0 Å². The van der Waals surface area contributed by atoms with E-state index in [0.29, 0.717) is 5.56 Å². The monoisotopic (exact) mass is 251 g/mol. The highest BCUT2D eigenvalue weighted by molar-refractivity contribution is 5.27. The normalized spacial score (nSPS) is 21.2. The molecule has 2 rings (SSSR count). The molecule has 0 saturated carbocycles. The zero-order valence-corrected chi connectivity index (χ0v) is 11.2. The lowest BCUT2D eigenvalue weighted by molar-refractivity contribution is 0.0782. The highest BCUT2D eigenvalue weighted by Gasteiger charge is 2.26. The first-order chi connectivity index (χ1) is 8.72. The highest BCUT2D eigenvalue weighted by Crippen LogP contribution is 2.28. The maximum Gasteiger partial charge on any atom is 0.126 e. The van der Waals surface area contributed by atoms with Crippen LogP contribution >= 0.6 is 0 Å². The number of hydrogen-bond donors (Lipinski definition) is 1. The first kappa shape index (κ1) is 13.5. The van der Waals surface area contributed by atoms with Crippen LogP contribution in [-0.2, 0) is 4.74 Å². The predicted octanol–water partition coefficient (Wildman–Crippen LogP) is 3.35. The van der Waals surface area contributed by atoms with Gasteiger partial charge in [0, 0.05) is 6.61 Å². The minimum atomic E-state index is -0.139. The first-order valence-electron chi connectivity index (χ1n) is 6.83. The second-order valence-corrected chi connectivity index (χ2v) is 4.99. The number of aryl methyl sites for hydroxylation is 1. The maximum atomic E-state index is 13.3. The lowest BCUT2D eigenvalue weighted by atomic mass is 9.97. The van der Waals surface area contributed by atoms with Crippen LogP contribution in [0.25, 0.3) is 0 Å². The molecule has 0 amide bonds. The smallest absolute Gasteiger partial charge is 0.126 e. The van der Waals surface area contributed by atoms with Crippen LogP contribution in [0.4, 0.5) is 4.39 Å². The standard InChI is InChI=1S/C15H22FNO/c1-3-8-17-15(14-5-4-9-18-14)12-6-7-13(16)11(2)10-12/h6-7,10,14-15,17H,3-5,8-9H2,1-2H3. The molecule has 2 unspecified atom stereocenters. The van der Waals surface area contributed by atoms with E-state index < -0.39 is 0 Å². The van der Waals surface area contributed by atoms with Crippen LogP contribution in [0.2, 0.25) is 0 Å². The molecule has 0 radical (unpaired) electrons. The second kappa shape index (κ2) is 6.30. The number of rotatable bonds is 5. The number of ether oxygens (including phenoxy) is 1. The summed E-state index contributed by atoms with van der Waals surface area (Å²) < 4.78 is 19.1. The summed E-state index contributed by atoms with van der Waals surface area (Å²) in [5.41, 5.74) is 1.84. The minimum absolute atomic E-state index is 0.139. The van der Waals surface area contributed by atoms with Gasteiger partial charge in [-0.3, -0.25) is 0 Å². The predicted molar refractivity (Wildman–Crippen MR) is 71.1 cm³/mol. The van der Waals surface area contributed by atoms with E-state index in [1.165, 1.54) is 0 Å². The number of halogens is 1. The van der Waals surface area contributed by atoms with Crippen LogP contribution in [0, 0.1) is 12.7 Å². The van der Waals surface area contributed by atoms with Gasteiger partial charge in [0.05, 0.1) is 12.1 Å². The lowest BCUT2D eigenvalue weighted by Crippen LogP contribution is -2.32. The average molecular weight is 251 g/mol. The molecule has 0 spiro atoms. The minimum Gasteiger partial charge on any atom is -0.376 e. The Labute approximate surface area is 109 Å². The van der Waals surface area contributed by atoms with Crippen LogP contribution < -0.4 is 5.32 Å². The topological polar surface area (TPSA) is 21.3 Å². The van der Waals surface area contributed by atoms with Crippen molar-refractivity contribution in [1.29, 1.82) is 0 Å². The molecule has 1 heterocycles. The zero-order chi connectivity index (χ0) is 13.0.